The fraction of sp³-hybridized carbons (Fsp3) is 0.548. The summed E-state index contributed by atoms with van der Waals surface area (Å²) in [5, 5.41) is 20.1. The van der Waals surface area contributed by atoms with Gasteiger partial charge in [-0.3, -0.25) is 4.90 Å². The summed E-state index contributed by atoms with van der Waals surface area (Å²) in [5.74, 6) is 1.49. The molecule has 1 atom stereocenters. The van der Waals surface area contributed by atoms with Gasteiger partial charge in [0.15, 0.2) is 0 Å². The molecule has 1 unspecified atom stereocenters. The Hall–Kier alpha value is -3.85. The lowest BCUT2D eigenvalue weighted by Gasteiger charge is -2.47. The topological polar surface area (TPSA) is 139 Å². The van der Waals surface area contributed by atoms with Gasteiger partial charge in [0.1, 0.15) is 36.1 Å². The van der Waals surface area contributed by atoms with Gasteiger partial charge in [0, 0.05) is 37.7 Å². The first-order valence-corrected chi connectivity index (χ1v) is 16.3. The van der Waals surface area contributed by atoms with Crippen LogP contribution in [0.5, 0.6) is 11.6 Å². The second-order valence-corrected chi connectivity index (χ2v) is 11.9. The lowest BCUT2D eigenvalue weighted by atomic mass is 9.87. The van der Waals surface area contributed by atoms with E-state index in [0.29, 0.717) is 54.7 Å². The molecule has 4 aromatic rings. The van der Waals surface area contributed by atoms with Gasteiger partial charge in [0.25, 0.3) is 5.88 Å². The Morgan fingerprint density at radius 3 is 2.61 bits per heavy atom. The molecule has 4 heterocycles. The molecule has 1 aliphatic carbocycles. The monoisotopic (exact) mass is 652 g/mol. The molecule has 3 aromatic heterocycles. The summed E-state index contributed by atoms with van der Waals surface area (Å²) in [7, 11) is 0. The van der Waals surface area contributed by atoms with E-state index in [-0.39, 0.29) is 11.8 Å². The lowest BCUT2D eigenvalue weighted by Crippen LogP contribution is -2.56. The van der Waals surface area contributed by atoms with E-state index in [1.807, 2.05) is 32.2 Å². The number of nitrogens with one attached hydrogen (secondary N) is 1. The third-order valence-electron chi connectivity index (χ3n) is 8.36. The average Bonchev–Trinajstić information content (AvgIpc) is 3.75. The van der Waals surface area contributed by atoms with Crippen LogP contribution in [0.4, 0.5) is 11.6 Å². The van der Waals surface area contributed by atoms with Crippen LogP contribution in [0, 0.1) is 0 Å². The van der Waals surface area contributed by atoms with Gasteiger partial charge < -0.3 is 24.3 Å². The number of anilines is 2. The van der Waals surface area contributed by atoms with Crippen molar-refractivity contribution in [3.63, 3.8) is 0 Å². The number of hydrogen-bond acceptors (Lipinski definition) is 12. The number of ether oxygens (including phenoxy) is 4. The van der Waals surface area contributed by atoms with Crippen LogP contribution >= 0.6 is 11.6 Å². The van der Waals surface area contributed by atoms with Gasteiger partial charge in [-0.1, -0.05) is 24.1 Å². The van der Waals surface area contributed by atoms with Crippen molar-refractivity contribution in [2.75, 3.05) is 51.4 Å². The second-order valence-electron chi connectivity index (χ2n) is 11.5. The van der Waals surface area contributed by atoms with Crippen LogP contribution in [-0.2, 0) is 21.7 Å². The number of morpholine rings is 1. The zero-order valence-corrected chi connectivity index (χ0v) is 27.1. The molecule has 2 aliphatic rings. The summed E-state index contributed by atoms with van der Waals surface area (Å²) in [4.78, 5) is 11.8. The third-order valence-corrected chi connectivity index (χ3v) is 8.67. The molecule has 1 aromatic carbocycles. The van der Waals surface area contributed by atoms with Crippen molar-refractivity contribution in [2.45, 2.75) is 64.3 Å². The largest absolute Gasteiger partial charge is 0.487 e. The molecule has 14 nitrogen and oxygen atoms in total. The van der Waals surface area contributed by atoms with Gasteiger partial charge >= 0.3 is 0 Å². The van der Waals surface area contributed by atoms with E-state index in [2.05, 4.69) is 40.4 Å². The SMILES string of the molecule is CCOCCOc1nn(C2(N3CCOCC3)CCCCC2)cc1Nc1ncc(-c2ccc(Cl)c(OC(C)Cn3cnnn3)c2)cn1. The molecule has 2 fully saturated rings. The minimum absolute atomic E-state index is 0.207. The first-order chi connectivity index (χ1) is 22.5. The van der Waals surface area contributed by atoms with E-state index in [1.165, 1.54) is 6.42 Å². The molecule has 0 spiro atoms. The quantitative estimate of drug-likeness (QED) is 0.191. The van der Waals surface area contributed by atoms with E-state index >= 15 is 0 Å². The Kier molecular flexibility index (Phi) is 10.6. The molecule has 15 heteroatoms. The van der Waals surface area contributed by atoms with Gasteiger partial charge in [0.2, 0.25) is 5.95 Å². The van der Waals surface area contributed by atoms with Crippen LogP contribution in [0.3, 0.4) is 0 Å². The average molecular weight is 653 g/mol. The minimum Gasteiger partial charge on any atom is -0.487 e. The summed E-state index contributed by atoms with van der Waals surface area (Å²) in [6.07, 6.45) is 12.5. The molecule has 246 valence electrons. The van der Waals surface area contributed by atoms with Crippen molar-refractivity contribution < 1.29 is 18.9 Å². The van der Waals surface area contributed by atoms with Crippen molar-refractivity contribution in [2.24, 2.45) is 0 Å². The van der Waals surface area contributed by atoms with Gasteiger partial charge in [-0.15, -0.1) is 10.2 Å². The molecule has 6 rings (SSSR count). The summed E-state index contributed by atoms with van der Waals surface area (Å²) >= 11 is 6.46. The predicted octanol–water partition coefficient (Wildman–Crippen LogP) is 4.56. The smallest absolute Gasteiger partial charge is 0.257 e. The standard InChI is InChI=1S/C31H41ClN10O4/c1-3-43-15-16-45-29-27(21-42(37-29)31(9-5-4-6-10-31)40-11-13-44-14-12-40)36-30-33-18-25(19-34-30)24-7-8-26(32)28(17-24)46-23(2)20-41-22-35-38-39-41/h7-8,17-19,21-23H,3-6,9-16,20H2,1-2H3,(H,33,34,36). The maximum absolute atomic E-state index is 6.46. The van der Waals surface area contributed by atoms with Crippen LogP contribution in [0.1, 0.15) is 46.0 Å². The number of tetrazole rings is 1. The summed E-state index contributed by atoms with van der Waals surface area (Å²) in [6.45, 7) is 9.10. The zero-order valence-electron chi connectivity index (χ0n) is 26.3. The van der Waals surface area contributed by atoms with Gasteiger partial charge in [-0.25, -0.2) is 19.3 Å². The number of nitrogens with zero attached hydrogens (tertiary/aromatic N) is 9. The highest BCUT2D eigenvalue weighted by Crippen LogP contribution is 2.41. The number of benzene rings is 1. The predicted molar refractivity (Wildman–Crippen MR) is 171 cm³/mol. The second kappa shape index (κ2) is 15.2. The van der Waals surface area contributed by atoms with Crippen molar-refractivity contribution in [1.82, 2.24) is 44.9 Å². The van der Waals surface area contributed by atoms with Crippen molar-refractivity contribution in [1.29, 1.82) is 0 Å². The Bertz CT molecular complexity index is 1520. The molecule has 1 aliphatic heterocycles. The van der Waals surface area contributed by atoms with Crippen molar-refractivity contribution >= 4 is 23.2 Å². The number of halogens is 1. The van der Waals surface area contributed by atoms with Gasteiger partial charge in [0.05, 0.1) is 37.6 Å². The van der Waals surface area contributed by atoms with E-state index in [1.54, 1.807) is 29.5 Å². The van der Waals surface area contributed by atoms with E-state index in [4.69, 9.17) is 35.6 Å². The number of rotatable bonds is 14. The highest BCUT2D eigenvalue weighted by atomic mass is 35.5. The maximum atomic E-state index is 6.46. The Morgan fingerprint density at radius 1 is 1.07 bits per heavy atom. The van der Waals surface area contributed by atoms with Crippen LogP contribution in [0.2, 0.25) is 5.02 Å². The van der Waals surface area contributed by atoms with Gasteiger partial charge in [-0.2, -0.15) is 0 Å². The summed E-state index contributed by atoms with van der Waals surface area (Å²) < 4.78 is 27.2. The third kappa shape index (κ3) is 7.57. The Balaban J connectivity index is 1.20. The highest BCUT2D eigenvalue weighted by molar-refractivity contribution is 6.32. The van der Waals surface area contributed by atoms with E-state index in [9.17, 15) is 0 Å². The first kappa shape index (κ1) is 32.1. The normalized spacial score (nSPS) is 17.5. The Labute approximate surface area is 273 Å². The van der Waals surface area contributed by atoms with E-state index < -0.39 is 0 Å². The maximum Gasteiger partial charge on any atom is 0.257 e. The fourth-order valence-electron chi connectivity index (χ4n) is 6.11. The highest BCUT2D eigenvalue weighted by Gasteiger charge is 2.42. The Morgan fingerprint density at radius 2 is 1.87 bits per heavy atom. The molecule has 0 radical (unpaired) electrons. The fourth-order valence-corrected chi connectivity index (χ4v) is 6.27. The van der Waals surface area contributed by atoms with Gasteiger partial charge in [-0.05, 0) is 67.7 Å². The summed E-state index contributed by atoms with van der Waals surface area (Å²) in [6, 6.07) is 5.60. The molecule has 46 heavy (non-hydrogen) atoms. The van der Waals surface area contributed by atoms with E-state index in [0.717, 1.165) is 63.1 Å². The summed E-state index contributed by atoms with van der Waals surface area (Å²) in [5.41, 5.74) is 2.18. The van der Waals surface area contributed by atoms with Crippen LogP contribution in [0.25, 0.3) is 11.1 Å². The molecule has 1 saturated heterocycles. The molecule has 1 saturated carbocycles. The van der Waals surface area contributed by atoms with Crippen LogP contribution in [-0.4, -0.2) is 97.1 Å². The van der Waals surface area contributed by atoms with Crippen LogP contribution in [0.15, 0.2) is 43.1 Å². The first-order valence-electron chi connectivity index (χ1n) is 15.9. The number of hydrogen-bond donors (Lipinski definition) is 1. The minimum atomic E-state index is -0.220. The molecule has 0 bridgehead atoms. The zero-order chi connectivity index (χ0) is 31.8. The van der Waals surface area contributed by atoms with Crippen molar-refractivity contribution in [3.05, 3.63) is 48.1 Å². The molecular weight excluding hydrogens is 612 g/mol. The number of aromatic nitrogens is 8. The molecular formula is C31H41ClN10O4. The molecule has 0 amide bonds. The molecule has 1 N–H and O–H groups in total. The lowest BCUT2D eigenvalue weighted by molar-refractivity contribution is -0.0837. The van der Waals surface area contributed by atoms with Crippen LogP contribution < -0.4 is 14.8 Å². The van der Waals surface area contributed by atoms with Crippen molar-refractivity contribution in [3.8, 4) is 22.8 Å².